The third-order valence-electron chi connectivity index (χ3n) is 3.61. The van der Waals surface area contributed by atoms with Crippen molar-refractivity contribution in [1.82, 2.24) is 10.3 Å². The smallest absolute Gasteiger partial charge is 0.131 e. The zero-order valence-corrected chi connectivity index (χ0v) is 12.8. The average Bonchev–Trinajstić information content (AvgIpc) is 2.37. The number of pyridine rings is 1. The predicted molar refractivity (Wildman–Crippen MR) is 80.2 cm³/mol. The van der Waals surface area contributed by atoms with Crippen LogP contribution >= 0.6 is 15.9 Å². The fraction of sp³-hybridized carbons (Fsp3) is 0.643. The lowest BCUT2D eigenvalue weighted by Crippen LogP contribution is -2.38. The van der Waals surface area contributed by atoms with Crippen LogP contribution in [0.1, 0.15) is 25.3 Å². The molecule has 4 heteroatoms. The van der Waals surface area contributed by atoms with Gasteiger partial charge in [0.15, 0.2) is 0 Å². The molecule has 2 rings (SSSR count). The maximum atomic E-state index is 4.55. The van der Waals surface area contributed by atoms with Crippen LogP contribution in [0.5, 0.6) is 0 Å². The van der Waals surface area contributed by atoms with E-state index in [1.807, 2.05) is 6.20 Å². The first-order valence-corrected chi connectivity index (χ1v) is 7.57. The molecular weight excluding hydrogens is 290 g/mol. The van der Waals surface area contributed by atoms with Crippen LogP contribution < -0.4 is 10.2 Å². The third kappa shape index (κ3) is 3.45. The molecule has 0 spiro atoms. The molecule has 0 radical (unpaired) electrons. The molecule has 0 saturated carbocycles. The van der Waals surface area contributed by atoms with Gasteiger partial charge in [-0.15, -0.1) is 0 Å². The Balaban J connectivity index is 1.93. The van der Waals surface area contributed by atoms with Gasteiger partial charge >= 0.3 is 0 Å². The number of aryl methyl sites for hydroxylation is 1. The monoisotopic (exact) mass is 311 g/mol. The fourth-order valence-corrected chi connectivity index (χ4v) is 3.01. The summed E-state index contributed by atoms with van der Waals surface area (Å²) >= 11 is 3.47. The SMILES string of the molecule is CCNCC1CCN(c2ncc(Br)cc2C)CC1. The van der Waals surface area contributed by atoms with Crippen molar-refractivity contribution >= 4 is 21.7 Å². The van der Waals surface area contributed by atoms with Crippen LogP contribution in [0.3, 0.4) is 0 Å². The summed E-state index contributed by atoms with van der Waals surface area (Å²) in [6.45, 7) is 8.81. The number of nitrogens with zero attached hydrogens (tertiary/aromatic N) is 2. The first-order valence-electron chi connectivity index (χ1n) is 6.78. The number of piperidine rings is 1. The Hall–Kier alpha value is -0.610. The van der Waals surface area contributed by atoms with Gasteiger partial charge in [-0.2, -0.15) is 0 Å². The Morgan fingerprint density at radius 2 is 2.17 bits per heavy atom. The zero-order valence-electron chi connectivity index (χ0n) is 11.2. The first-order chi connectivity index (χ1) is 8.70. The Morgan fingerprint density at radius 3 is 2.78 bits per heavy atom. The number of rotatable bonds is 4. The van der Waals surface area contributed by atoms with Gasteiger partial charge in [0.1, 0.15) is 5.82 Å². The van der Waals surface area contributed by atoms with Crippen molar-refractivity contribution in [3.63, 3.8) is 0 Å². The van der Waals surface area contributed by atoms with Gasteiger partial charge in [0.05, 0.1) is 0 Å². The second-order valence-electron chi connectivity index (χ2n) is 5.03. The van der Waals surface area contributed by atoms with E-state index in [1.165, 1.54) is 18.4 Å². The van der Waals surface area contributed by atoms with Crippen molar-refractivity contribution in [2.75, 3.05) is 31.1 Å². The Bertz CT molecular complexity index is 387. The molecule has 1 aromatic rings. The van der Waals surface area contributed by atoms with E-state index in [1.54, 1.807) is 0 Å². The Labute approximate surface area is 118 Å². The quantitative estimate of drug-likeness (QED) is 0.926. The lowest BCUT2D eigenvalue weighted by molar-refractivity contribution is 0.385. The molecule has 0 aromatic carbocycles. The highest BCUT2D eigenvalue weighted by atomic mass is 79.9. The van der Waals surface area contributed by atoms with E-state index in [0.717, 1.165) is 42.4 Å². The van der Waals surface area contributed by atoms with E-state index in [-0.39, 0.29) is 0 Å². The van der Waals surface area contributed by atoms with Gasteiger partial charge in [-0.3, -0.25) is 0 Å². The number of anilines is 1. The third-order valence-corrected chi connectivity index (χ3v) is 4.05. The summed E-state index contributed by atoms with van der Waals surface area (Å²) in [4.78, 5) is 6.97. The summed E-state index contributed by atoms with van der Waals surface area (Å²) in [6, 6.07) is 2.15. The van der Waals surface area contributed by atoms with Crippen LogP contribution in [-0.4, -0.2) is 31.2 Å². The molecule has 1 aliphatic heterocycles. The molecule has 2 heterocycles. The van der Waals surface area contributed by atoms with Crippen LogP contribution in [-0.2, 0) is 0 Å². The molecule has 1 fully saturated rings. The molecular formula is C14H22BrN3. The van der Waals surface area contributed by atoms with E-state index >= 15 is 0 Å². The van der Waals surface area contributed by atoms with Gasteiger partial charge in [-0.1, -0.05) is 6.92 Å². The van der Waals surface area contributed by atoms with Gasteiger partial charge in [0, 0.05) is 23.8 Å². The highest BCUT2D eigenvalue weighted by Crippen LogP contribution is 2.25. The highest BCUT2D eigenvalue weighted by Gasteiger charge is 2.20. The standard InChI is InChI=1S/C14H22BrN3/c1-3-16-9-12-4-6-18(7-5-12)14-11(2)8-13(15)10-17-14/h8,10,12,16H,3-7,9H2,1-2H3. The van der Waals surface area contributed by atoms with Crippen molar-refractivity contribution < 1.29 is 0 Å². The van der Waals surface area contributed by atoms with Crippen molar-refractivity contribution in [3.8, 4) is 0 Å². The lowest BCUT2D eigenvalue weighted by Gasteiger charge is -2.33. The Morgan fingerprint density at radius 1 is 1.44 bits per heavy atom. The van der Waals surface area contributed by atoms with Crippen molar-refractivity contribution in [2.45, 2.75) is 26.7 Å². The minimum atomic E-state index is 0.831. The number of nitrogens with one attached hydrogen (secondary N) is 1. The topological polar surface area (TPSA) is 28.2 Å². The van der Waals surface area contributed by atoms with Crippen LogP contribution in [0.15, 0.2) is 16.7 Å². The van der Waals surface area contributed by atoms with E-state index in [9.17, 15) is 0 Å². The van der Waals surface area contributed by atoms with Crippen molar-refractivity contribution in [2.24, 2.45) is 5.92 Å². The van der Waals surface area contributed by atoms with Gasteiger partial charge in [0.2, 0.25) is 0 Å². The molecule has 0 amide bonds. The van der Waals surface area contributed by atoms with Gasteiger partial charge in [-0.05, 0) is 66.3 Å². The second-order valence-corrected chi connectivity index (χ2v) is 5.95. The van der Waals surface area contributed by atoms with Gasteiger partial charge in [-0.25, -0.2) is 4.98 Å². The van der Waals surface area contributed by atoms with Crippen molar-refractivity contribution in [1.29, 1.82) is 0 Å². The van der Waals surface area contributed by atoms with Gasteiger partial charge < -0.3 is 10.2 Å². The number of aromatic nitrogens is 1. The predicted octanol–water partition coefficient (Wildman–Crippen LogP) is 2.98. The zero-order chi connectivity index (χ0) is 13.0. The normalized spacial score (nSPS) is 17.2. The van der Waals surface area contributed by atoms with E-state index < -0.39 is 0 Å². The molecule has 100 valence electrons. The highest BCUT2D eigenvalue weighted by molar-refractivity contribution is 9.10. The lowest BCUT2D eigenvalue weighted by atomic mass is 9.96. The van der Waals surface area contributed by atoms with E-state index in [0.29, 0.717) is 0 Å². The molecule has 3 nitrogen and oxygen atoms in total. The number of hydrogen-bond donors (Lipinski definition) is 1. The van der Waals surface area contributed by atoms with E-state index in [2.05, 4.69) is 51.0 Å². The molecule has 0 unspecified atom stereocenters. The molecule has 1 aromatic heterocycles. The fourth-order valence-electron chi connectivity index (χ4n) is 2.56. The molecule has 0 aliphatic carbocycles. The molecule has 18 heavy (non-hydrogen) atoms. The average molecular weight is 312 g/mol. The maximum absolute atomic E-state index is 4.55. The minimum Gasteiger partial charge on any atom is -0.356 e. The van der Waals surface area contributed by atoms with E-state index in [4.69, 9.17) is 0 Å². The summed E-state index contributed by atoms with van der Waals surface area (Å²) in [5, 5.41) is 3.45. The summed E-state index contributed by atoms with van der Waals surface area (Å²) in [5.74, 6) is 1.98. The number of hydrogen-bond acceptors (Lipinski definition) is 3. The van der Waals surface area contributed by atoms with Crippen LogP contribution in [0.2, 0.25) is 0 Å². The van der Waals surface area contributed by atoms with Gasteiger partial charge in [0.25, 0.3) is 0 Å². The van der Waals surface area contributed by atoms with Crippen LogP contribution in [0.25, 0.3) is 0 Å². The molecule has 0 atom stereocenters. The summed E-state index contributed by atoms with van der Waals surface area (Å²) in [6.07, 6.45) is 4.43. The molecule has 0 bridgehead atoms. The summed E-state index contributed by atoms with van der Waals surface area (Å²) in [7, 11) is 0. The maximum Gasteiger partial charge on any atom is 0.131 e. The van der Waals surface area contributed by atoms with Crippen molar-refractivity contribution in [3.05, 3.63) is 22.3 Å². The van der Waals surface area contributed by atoms with Crippen LogP contribution in [0, 0.1) is 12.8 Å². The number of halogens is 1. The molecule has 1 saturated heterocycles. The second kappa shape index (κ2) is 6.53. The first kappa shape index (κ1) is 13.8. The summed E-state index contributed by atoms with van der Waals surface area (Å²) < 4.78 is 1.06. The summed E-state index contributed by atoms with van der Waals surface area (Å²) in [5.41, 5.74) is 1.26. The Kier molecular flexibility index (Phi) is 5.01. The minimum absolute atomic E-state index is 0.831. The largest absolute Gasteiger partial charge is 0.356 e. The molecule has 1 aliphatic rings. The van der Waals surface area contributed by atoms with Crippen LogP contribution in [0.4, 0.5) is 5.82 Å². The molecule has 1 N–H and O–H groups in total.